The standard InChI is InChI=1S/C10H17N3/c1-2-10-12-6-9-4-3-8(5-11)7-13(9)10/h6,8H,2-5,7,11H2,1H3. The molecule has 0 bridgehead atoms. The van der Waals surface area contributed by atoms with E-state index in [0.29, 0.717) is 5.92 Å². The van der Waals surface area contributed by atoms with Crippen molar-refractivity contribution in [3.05, 3.63) is 17.7 Å². The lowest BCUT2D eigenvalue weighted by Gasteiger charge is -2.24. The van der Waals surface area contributed by atoms with Crippen LogP contribution in [0.2, 0.25) is 0 Å². The van der Waals surface area contributed by atoms with E-state index in [2.05, 4.69) is 16.5 Å². The Labute approximate surface area is 79.0 Å². The van der Waals surface area contributed by atoms with Gasteiger partial charge in [0.05, 0.1) is 0 Å². The lowest BCUT2D eigenvalue weighted by atomic mass is 9.98. The van der Waals surface area contributed by atoms with E-state index in [4.69, 9.17) is 5.73 Å². The molecule has 0 radical (unpaired) electrons. The first-order valence-corrected chi connectivity index (χ1v) is 5.08. The number of fused-ring (bicyclic) bond motifs is 1. The number of hydrogen-bond donors (Lipinski definition) is 1. The maximum atomic E-state index is 5.69. The highest BCUT2D eigenvalue weighted by Gasteiger charge is 2.19. The first-order valence-electron chi connectivity index (χ1n) is 5.08. The van der Waals surface area contributed by atoms with E-state index in [9.17, 15) is 0 Å². The van der Waals surface area contributed by atoms with Crippen molar-refractivity contribution in [1.29, 1.82) is 0 Å². The Morgan fingerprint density at radius 2 is 2.54 bits per heavy atom. The van der Waals surface area contributed by atoms with Gasteiger partial charge < -0.3 is 10.3 Å². The summed E-state index contributed by atoms with van der Waals surface area (Å²) in [6.07, 6.45) is 5.42. The molecule has 0 aliphatic carbocycles. The molecule has 2 N–H and O–H groups in total. The molecule has 1 aromatic rings. The Morgan fingerprint density at radius 3 is 3.23 bits per heavy atom. The number of aryl methyl sites for hydroxylation is 2. The molecule has 0 spiro atoms. The molecule has 2 rings (SSSR count). The predicted octanol–water partition coefficient (Wildman–Crippen LogP) is 0.967. The number of aromatic nitrogens is 2. The molecule has 0 amide bonds. The molecule has 1 unspecified atom stereocenters. The summed E-state index contributed by atoms with van der Waals surface area (Å²) < 4.78 is 2.35. The van der Waals surface area contributed by atoms with Crippen LogP contribution < -0.4 is 5.73 Å². The lowest BCUT2D eigenvalue weighted by Crippen LogP contribution is -2.27. The third-order valence-corrected chi connectivity index (χ3v) is 2.92. The van der Waals surface area contributed by atoms with Gasteiger partial charge in [-0.05, 0) is 25.3 Å². The van der Waals surface area contributed by atoms with Gasteiger partial charge in [0, 0.05) is 24.9 Å². The summed E-state index contributed by atoms with van der Waals surface area (Å²) in [5, 5.41) is 0. The van der Waals surface area contributed by atoms with Crippen LogP contribution in [0.5, 0.6) is 0 Å². The summed E-state index contributed by atoms with van der Waals surface area (Å²) in [5.41, 5.74) is 7.08. The molecule has 1 aliphatic rings. The van der Waals surface area contributed by atoms with E-state index in [1.807, 2.05) is 6.20 Å². The Hall–Kier alpha value is -0.830. The SMILES string of the molecule is CCc1ncc2n1CC(CN)CC2. The number of imidazole rings is 1. The van der Waals surface area contributed by atoms with Crippen molar-refractivity contribution in [3.8, 4) is 0 Å². The molecule has 0 saturated carbocycles. The Kier molecular flexibility index (Phi) is 2.36. The van der Waals surface area contributed by atoms with Crippen LogP contribution in [0, 0.1) is 5.92 Å². The number of nitrogens with zero attached hydrogens (tertiary/aromatic N) is 2. The summed E-state index contributed by atoms with van der Waals surface area (Å²) in [6, 6.07) is 0. The second kappa shape index (κ2) is 3.50. The van der Waals surface area contributed by atoms with Gasteiger partial charge in [0.2, 0.25) is 0 Å². The fourth-order valence-corrected chi connectivity index (χ4v) is 2.05. The van der Waals surface area contributed by atoms with Crippen LogP contribution in [0.15, 0.2) is 6.20 Å². The lowest BCUT2D eigenvalue weighted by molar-refractivity contribution is 0.371. The second-order valence-electron chi connectivity index (χ2n) is 3.77. The first kappa shape index (κ1) is 8.75. The van der Waals surface area contributed by atoms with Gasteiger partial charge in [-0.25, -0.2) is 4.98 Å². The molecule has 72 valence electrons. The molecular formula is C10H17N3. The van der Waals surface area contributed by atoms with Crippen LogP contribution >= 0.6 is 0 Å². The van der Waals surface area contributed by atoms with Crippen molar-refractivity contribution in [2.24, 2.45) is 11.7 Å². The van der Waals surface area contributed by atoms with E-state index in [-0.39, 0.29) is 0 Å². The summed E-state index contributed by atoms with van der Waals surface area (Å²) in [7, 11) is 0. The first-order chi connectivity index (χ1) is 6.35. The average molecular weight is 179 g/mol. The maximum Gasteiger partial charge on any atom is 0.108 e. The van der Waals surface area contributed by atoms with E-state index in [1.54, 1.807) is 0 Å². The predicted molar refractivity (Wildman–Crippen MR) is 52.5 cm³/mol. The smallest absolute Gasteiger partial charge is 0.108 e. The summed E-state index contributed by atoms with van der Waals surface area (Å²) in [5.74, 6) is 1.88. The molecule has 1 aromatic heterocycles. The molecule has 2 heterocycles. The minimum atomic E-state index is 0.659. The highest BCUT2D eigenvalue weighted by Crippen LogP contribution is 2.20. The van der Waals surface area contributed by atoms with Crippen LogP contribution in [-0.2, 0) is 19.4 Å². The van der Waals surface area contributed by atoms with E-state index in [1.165, 1.54) is 17.9 Å². The third kappa shape index (κ3) is 1.48. The summed E-state index contributed by atoms with van der Waals surface area (Å²) in [4.78, 5) is 4.41. The van der Waals surface area contributed by atoms with E-state index in [0.717, 1.165) is 25.9 Å². The average Bonchev–Trinajstić information content (AvgIpc) is 2.59. The molecule has 13 heavy (non-hydrogen) atoms. The zero-order chi connectivity index (χ0) is 9.26. The molecule has 3 heteroatoms. The highest BCUT2D eigenvalue weighted by atomic mass is 15.1. The minimum Gasteiger partial charge on any atom is -0.332 e. The van der Waals surface area contributed by atoms with Crippen molar-refractivity contribution in [2.45, 2.75) is 32.7 Å². The highest BCUT2D eigenvalue weighted by molar-refractivity contribution is 5.08. The number of rotatable bonds is 2. The van der Waals surface area contributed by atoms with Gasteiger partial charge in [-0.3, -0.25) is 0 Å². The minimum absolute atomic E-state index is 0.659. The molecule has 1 atom stereocenters. The summed E-state index contributed by atoms with van der Waals surface area (Å²) >= 11 is 0. The van der Waals surface area contributed by atoms with Crippen LogP contribution in [0.25, 0.3) is 0 Å². The van der Waals surface area contributed by atoms with Crippen LogP contribution in [0.4, 0.5) is 0 Å². The van der Waals surface area contributed by atoms with E-state index < -0.39 is 0 Å². The normalized spacial score (nSPS) is 21.5. The van der Waals surface area contributed by atoms with Crippen LogP contribution in [0.3, 0.4) is 0 Å². The topological polar surface area (TPSA) is 43.8 Å². The monoisotopic (exact) mass is 179 g/mol. The van der Waals surface area contributed by atoms with Gasteiger partial charge >= 0.3 is 0 Å². The number of hydrogen-bond acceptors (Lipinski definition) is 2. The zero-order valence-electron chi connectivity index (χ0n) is 8.16. The summed E-state index contributed by atoms with van der Waals surface area (Å²) in [6.45, 7) is 4.04. The van der Waals surface area contributed by atoms with Crippen LogP contribution in [-0.4, -0.2) is 16.1 Å². The van der Waals surface area contributed by atoms with Crippen molar-refractivity contribution < 1.29 is 0 Å². The molecular weight excluding hydrogens is 162 g/mol. The van der Waals surface area contributed by atoms with E-state index >= 15 is 0 Å². The van der Waals surface area contributed by atoms with Gasteiger partial charge in [0.1, 0.15) is 5.82 Å². The third-order valence-electron chi connectivity index (χ3n) is 2.92. The largest absolute Gasteiger partial charge is 0.332 e. The van der Waals surface area contributed by atoms with Crippen molar-refractivity contribution >= 4 is 0 Å². The van der Waals surface area contributed by atoms with Crippen LogP contribution in [0.1, 0.15) is 24.9 Å². The molecule has 3 nitrogen and oxygen atoms in total. The maximum absolute atomic E-state index is 5.69. The van der Waals surface area contributed by atoms with Gasteiger partial charge in [0.25, 0.3) is 0 Å². The zero-order valence-corrected chi connectivity index (χ0v) is 8.16. The van der Waals surface area contributed by atoms with Gasteiger partial charge in [-0.1, -0.05) is 6.92 Å². The van der Waals surface area contributed by atoms with Crippen molar-refractivity contribution in [3.63, 3.8) is 0 Å². The fourth-order valence-electron chi connectivity index (χ4n) is 2.05. The molecule has 0 saturated heterocycles. The van der Waals surface area contributed by atoms with Crippen molar-refractivity contribution in [2.75, 3.05) is 6.54 Å². The van der Waals surface area contributed by atoms with Gasteiger partial charge in [0.15, 0.2) is 0 Å². The Morgan fingerprint density at radius 1 is 1.69 bits per heavy atom. The van der Waals surface area contributed by atoms with Crippen molar-refractivity contribution in [1.82, 2.24) is 9.55 Å². The molecule has 0 aromatic carbocycles. The number of nitrogens with two attached hydrogens (primary N) is 1. The molecule has 0 fully saturated rings. The quantitative estimate of drug-likeness (QED) is 0.735. The Balaban J connectivity index is 2.25. The fraction of sp³-hybridized carbons (Fsp3) is 0.700. The Bertz CT molecular complexity index is 277. The van der Waals surface area contributed by atoms with Gasteiger partial charge in [-0.15, -0.1) is 0 Å². The van der Waals surface area contributed by atoms with Gasteiger partial charge in [-0.2, -0.15) is 0 Å². The molecule has 1 aliphatic heterocycles. The second-order valence-corrected chi connectivity index (χ2v) is 3.77.